The molecular formula is C10H14N2O5S. The van der Waals surface area contributed by atoms with Gasteiger partial charge in [0, 0.05) is 12.6 Å². The molecule has 0 radical (unpaired) electrons. The Balaban J connectivity index is 3.20. The number of nitrogens with one attached hydrogen (secondary N) is 1. The molecule has 1 N–H and O–H groups in total. The summed E-state index contributed by atoms with van der Waals surface area (Å²) in [6.07, 6.45) is 0.636. The molecule has 1 aromatic rings. The van der Waals surface area contributed by atoms with Gasteiger partial charge in [-0.3, -0.25) is 10.1 Å². The van der Waals surface area contributed by atoms with E-state index in [2.05, 4.69) is 4.72 Å². The number of methoxy groups -OCH3 is 1. The van der Waals surface area contributed by atoms with E-state index < -0.39 is 14.9 Å². The number of nitro benzene ring substituents is 1. The van der Waals surface area contributed by atoms with Crippen LogP contribution in [0, 0.1) is 10.1 Å². The smallest absolute Gasteiger partial charge is 0.312 e. The Hall–Kier alpha value is -1.67. The zero-order valence-corrected chi connectivity index (χ0v) is 10.9. The van der Waals surface area contributed by atoms with E-state index in [1.165, 1.54) is 19.2 Å². The summed E-state index contributed by atoms with van der Waals surface area (Å²) in [5.41, 5.74) is -0.378. The molecule has 0 fully saturated rings. The maximum Gasteiger partial charge on any atom is 0.312 e. The molecule has 100 valence electrons. The van der Waals surface area contributed by atoms with E-state index in [9.17, 15) is 18.5 Å². The molecule has 0 heterocycles. The van der Waals surface area contributed by atoms with Crippen molar-refractivity contribution < 1.29 is 18.1 Å². The van der Waals surface area contributed by atoms with Crippen LogP contribution < -0.4 is 9.46 Å². The van der Waals surface area contributed by atoms with Crippen molar-refractivity contribution in [2.24, 2.45) is 0 Å². The van der Waals surface area contributed by atoms with Gasteiger partial charge in [-0.05, 0) is 18.6 Å². The van der Waals surface area contributed by atoms with Crippen LogP contribution >= 0.6 is 0 Å². The zero-order chi connectivity index (χ0) is 13.8. The highest BCUT2D eigenvalue weighted by Gasteiger charge is 2.21. The molecule has 0 aliphatic carbocycles. The van der Waals surface area contributed by atoms with E-state index in [1.54, 1.807) is 0 Å². The van der Waals surface area contributed by atoms with E-state index in [-0.39, 0.29) is 22.9 Å². The van der Waals surface area contributed by atoms with Crippen molar-refractivity contribution in [1.82, 2.24) is 4.72 Å². The second-order valence-electron chi connectivity index (χ2n) is 3.49. The first-order chi connectivity index (χ1) is 8.42. The molecule has 0 bridgehead atoms. The van der Waals surface area contributed by atoms with Gasteiger partial charge in [-0.2, -0.15) is 0 Å². The van der Waals surface area contributed by atoms with Crippen molar-refractivity contribution in [3.05, 3.63) is 28.3 Å². The predicted molar refractivity (Wildman–Crippen MR) is 65.1 cm³/mol. The maximum atomic E-state index is 11.8. The highest BCUT2D eigenvalue weighted by Crippen LogP contribution is 2.29. The molecule has 0 amide bonds. The number of sulfonamides is 1. The molecule has 18 heavy (non-hydrogen) atoms. The van der Waals surface area contributed by atoms with Crippen molar-refractivity contribution in [1.29, 1.82) is 0 Å². The first-order valence-electron chi connectivity index (χ1n) is 5.24. The van der Waals surface area contributed by atoms with Crippen molar-refractivity contribution in [2.75, 3.05) is 13.7 Å². The van der Waals surface area contributed by atoms with Crippen LogP contribution in [0.1, 0.15) is 13.3 Å². The standard InChI is InChI=1S/C10H14N2O5S/c1-3-6-11-18(15,16)8-4-5-10(17-2)9(7-8)12(13)14/h4-5,7,11H,3,6H2,1-2H3. The van der Waals surface area contributed by atoms with Gasteiger partial charge in [-0.25, -0.2) is 13.1 Å². The van der Waals surface area contributed by atoms with Crippen LogP contribution in [0.2, 0.25) is 0 Å². The van der Waals surface area contributed by atoms with Crippen LogP contribution in [-0.2, 0) is 10.0 Å². The average molecular weight is 274 g/mol. The van der Waals surface area contributed by atoms with E-state index in [4.69, 9.17) is 4.74 Å². The summed E-state index contributed by atoms with van der Waals surface area (Å²) in [7, 11) is -2.43. The molecule has 0 aromatic heterocycles. The molecule has 0 spiro atoms. The van der Waals surface area contributed by atoms with Crippen LogP contribution in [0.25, 0.3) is 0 Å². The fraction of sp³-hybridized carbons (Fsp3) is 0.400. The molecule has 0 saturated heterocycles. The van der Waals surface area contributed by atoms with Crippen LogP contribution in [0.15, 0.2) is 23.1 Å². The van der Waals surface area contributed by atoms with Gasteiger partial charge in [-0.1, -0.05) is 6.92 Å². The van der Waals surface area contributed by atoms with Gasteiger partial charge in [0.15, 0.2) is 5.75 Å². The quantitative estimate of drug-likeness (QED) is 0.622. The van der Waals surface area contributed by atoms with Gasteiger partial charge in [0.25, 0.3) is 0 Å². The number of hydrogen-bond donors (Lipinski definition) is 1. The Bertz CT molecular complexity index is 541. The van der Waals surface area contributed by atoms with Gasteiger partial charge in [0.1, 0.15) is 0 Å². The highest BCUT2D eigenvalue weighted by molar-refractivity contribution is 7.89. The maximum absolute atomic E-state index is 11.8. The minimum Gasteiger partial charge on any atom is -0.490 e. The summed E-state index contributed by atoms with van der Waals surface area (Å²) in [5, 5.41) is 10.8. The first kappa shape index (κ1) is 14.4. The summed E-state index contributed by atoms with van der Waals surface area (Å²) in [6, 6.07) is 3.51. The molecule has 1 aromatic carbocycles. The molecular weight excluding hydrogens is 260 g/mol. The van der Waals surface area contributed by atoms with Crippen LogP contribution in [-0.4, -0.2) is 27.0 Å². The minimum absolute atomic E-state index is 0.0226. The minimum atomic E-state index is -3.71. The van der Waals surface area contributed by atoms with Gasteiger partial charge in [0.05, 0.1) is 16.9 Å². The lowest BCUT2D eigenvalue weighted by atomic mass is 10.3. The van der Waals surface area contributed by atoms with Crippen LogP contribution in [0.4, 0.5) is 5.69 Å². The van der Waals surface area contributed by atoms with Crippen molar-refractivity contribution in [3.63, 3.8) is 0 Å². The molecule has 0 saturated carbocycles. The summed E-state index contributed by atoms with van der Waals surface area (Å²) >= 11 is 0. The Kier molecular flexibility index (Phi) is 4.62. The molecule has 0 aliphatic rings. The lowest BCUT2D eigenvalue weighted by Gasteiger charge is -2.07. The molecule has 0 unspecified atom stereocenters. The van der Waals surface area contributed by atoms with E-state index in [1.807, 2.05) is 6.92 Å². The number of nitrogens with zero attached hydrogens (tertiary/aromatic N) is 1. The largest absolute Gasteiger partial charge is 0.490 e. The fourth-order valence-electron chi connectivity index (χ4n) is 1.30. The average Bonchev–Trinajstić information content (AvgIpc) is 2.35. The lowest BCUT2D eigenvalue weighted by molar-refractivity contribution is -0.386. The van der Waals surface area contributed by atoms with Crippen molar-refractivity contribution >= 4 is 15.7 Å². The summed E-state index contributed by atoms with van der Waals surface area (Å²) in [4.78, 5) is 9.95. The molecule has 7 nitrogen and oxygen atoms in total. The number of nitro groups is 1. The second-order valence-corrected chi connectivity index (χ2v) is 5.26. The number of benzene rings is 1. The van der Waals surface area contributed by atoms with E-state index >= 15 is 0 Å². The van der Waals surface area contributed by atoms with Gasteiger partial charge in [0.2, 0.25) is 10.0 Å². The van der Waals surface area contributed by atoms with Crippen LogP contribution in [0.5, 0.6) is 5.75 Å². The third kappa shape index (κ3) is 3.17. The number of ether oxygens (including phenoxy) is 1. The Morgan fingerprint density at radius 1 is 1.44 bits per heavy atom. The fourth-order valence-corrected chi connectivity index (χ4v) is 2.45. The summed E-state index contributed by atoms with van der Waals surface area (Å²) in [5.74, 6) is 0.0226. The third-order valence-electron chi connectivity index (χ3n) is 2.20. The molecule has 0 aliphatic heterocycles. The lowest BCUT2D eigenvalue weighted by Crippen LogP contribution is -2.24. The van der Waals surface area contributed by atoms with Gasteiger partial charge < -0.3 is 4.74 Å². The SMILES string of the molecule is CCCNS(=O)(=O)c1ccc(OC)c([N+](=O)[O-])c1. The second kappa shape index (κ2) is 5.78. The van der Waals surface area contributed by atoms with E-state index in [0.717, 1.165) is 6.07 Å². The number of rotatable bonds is 6. The topological polar surface area (TPSA) is 98.5 Å². The Morgan fingerprint density at radius 2 is 2.11 bits per heavy atom. The van der Waals surface area contributed by atoms with E-state index in [0.29, 0.717) is 6.42 Å². The van der Waals surface area contributed by atoms with Gasteiger partial charge >= 0.3 is 5.69 Å². The number of hydrogen-bond acceptors (Lipinski definition) is 5. The molecule has 8 heteroatoms. The normalized spacial score (nSPS) is 11.2. The van der Waals surface area contributed by atoms with Crippen molar-refractivity contribution in [2.45, 2.75) is 18.2 Å². The molecule has 0 atom stereocenters. The first-order valence-corrected chi connectivity index (χ1v) is 6.72. The van der Waals surface area contributed by atoms with Crippen LogP contribution in [0.3, 0.4) is 0 Å². The monoisotopic (exact) mass is 274 g/mol. The summed E-state index contributed by atoms with van der Waals surface area (Å²) < 4.78 is 30.7. The van der Waals surface area contributed by atoms with Gasteiger partial charge in [-0.15, -0.1) is 0 Å². The molecule has 1 rings (SSSR count). The predicted octanol–water partition coefficient (Wildman–Crippen LogP) is 1.29. The Morgan fingerprint density at radius 3 is 2.61 bits per heavy atom. The summed E-state index contributed by atoms with van der Waals surface area (Å²) in [6.45, 7) is 2.10. The third-order valence-corrected chi connectivity index (χ3v) is 3.66. The zero-order valence-electron chi connectivity index (χ0n) is 10.0. The Labute approximate surface area is 105 Å². The highest BCUT2D eigenvalue weighted by atomic mass is 32.2. The van der Waals surface area contributed by atoms with Crippen molar-refractivity contribution in [3.8, 4) is 5.75 Å².